The lowest BCUT2D eigenvalue weighted by atomic mass is 10.0. The van der Waals surface area contributed by atoms with Crippen LogP contribution in [0.25, 0.3) is 0 Å². The molecule has 1 fully saturated rings. The SMILES string of the molecule is CN(C(=O)c1cnn(C)c1)C1CCN(c2ncccc2C#N)CC1. The predicted octanol–water partition coefficient (Wildman–Crippen LogP) is 1.43. The summed E-state index contributed by atoms with van der Waals surface area (Å²) in [7, 11) is 3.64. The fourth-order valence-electron chi connectivity index (χ4n) is 3.10. The van der Waals surface area contributed by atoms with Crippen LogP contribution in [0.1, 0.15) is 28.8 Å². The molecule has 2 aromatic heterocycles. The summed E-state index contributed by atoms with van der Waals surface area (Å²) < 4.78 is 1.63. The van der Waals surface area contributed by atoms with Gasteiger partial charge in [-0.15, -0.1) is 0 Å². The maximum absolute atomic E-state index is 12.5. The third-order valence-electron chi connectivity index (χ3n) is 4.49. The molecule has 7 nitrogen and oxygen atoms in total. The maximum Gasteiger partial charge on any atom is 0.257 e. The zero-order valence-electron chi connectivity index (χ0n) is 13.9. The minimum absolute atomic E-state index is 0.00269. The standard InChI is InChI=1S/C17H20N6O/c1-21-12-14(11-20-21)17(24)22(2)15-5-8-23(9-6-15)16-13(10-18)4-3-7-19-16/h3-4,7,11-12,15H,5-6,8-9H2,1-2H3. The van der Waals surface area contributed by atoms with Gasteiger partial charge in [0.05, 0.1) is 17.3 Å². The summed E-state index contributed by atoms with van der Waals surface area (Å²) in [4.78, 5) is 20.8. The minimum Gasteiger partial charge on any atom is -0.355 e. The van der Waals surface area contributed by atoms with E-state index in [4.69, 9.17) is 0 Å². The van der Waals surface area contributed by atoms with Crippen LogP contribution in [0, 0.1) is 11.3 Å². The van der Waals surface area contributed by atoms with E-state index in [1.165, 1.54) is 0 Å². The predicted molar refractivity (Wildman–Crippen MR) is 89.5 cm³/mol. The first-order valence-electron chi connectivity index (χ1n) is 7.96. The Labute approximate surface area is 141 Å². The van der Waals surface area contributed by atoms with Crippen LogP contribution in [0.2, 0.25) is 0 Å². The third kappa shape index (κ3) is 3.08. The molecule has 0 spiro atoms. The first-order chi connectivity index (χ1) is 11.6. The van der Waals surface area contributed by atoms with Crippen molar-refractivity contribution in [2.45, 2.75) is 18.9 Å². The number of pyridine rings is 1. The number of nitrogens with zero attached hydrogens (tertiary/aromatic N) is 6. The number of hydrogen-bond acceptors (Lipinski definition) is 5. The third-order valence-corrected chi connectivity index (χ3v) is 4.49. The summed E-state index contributed by atoms with van der Waals surface area (Å²) in [6, 6.07) is 5.93. The summed E-state index contributed by atoms with van der Waals surface area (Å²) in [6.45, 7) is 1.56. The normalized spacial score (nSPS) is 15.1. The van der Waals surface area contributed by atoms with Crippen LogP contribution in [0.15, 0.2) is 30.7 Å². The monoisotopic (exact) mass is 324 g/mol. The quantitative estimate of drug-likeness (QED) is 0.853. The molecule has 0 unspecified atom stereocenters. The Bertz CT molecular complexity index is 769. The van der Waals surface area contributed by atoms with Crippen molar-refractivity contribution in [3.8, 4) is 6.07 Å². The number of hydrogen-bond donors (Lipinski definition) is 0. The van der Waals surface area contributed by atoms with Crippen LogP contribution >= 0.6 is 0 Å². The van der Waals surface area contributed by atoms with Crippen molar-refractivity contribution in [2.24, 2.45) is 7.05 Å². The lowest BCUT2D eigenvalue weighted by Crippen LogP contribution is -2.46. The highest BCUT2D eigenvalue weighted by atomic mass is 16.2. The molecular weight excluding hydrogens is 304 g/mol. The van der Waals surface area contributed by atoms with Gasteiger partial charge in [0.2, 0.25) is 0 Å². The molecule has 24 heavy (non-hydrogen) atoms. The molecule has 1 amide bonds. The van der Waals surface area contributed by atoms with E-state index in [9.17, 15) is 10.1 Å². The Morgan fingerprint density at radius 1 is 1.42 bits per heavy atom. The Morgan fingerprint density at radius 2 is 2.17 bits per heavy atom. The molecule has 0 atom stereocenters. The van der Waals surface area contributed by atoms with Gasteiger partial charge in [0.15, 0.2) is 0 Å². The number of anilines is 1. The maximum atomic E-state index is 12.5. The van der Waals surface area contributed by atoms with Crippen molar-refractivity contribution in [1.82, 2.24) is 19.7 Å². The van der Waals surface area contributed by atoms with E-state index in [2.05, 4.69) is 21.1 Å². The second-order valence-corrected chi connectivity index (χ2v) is 6.02. The molecule has 0 saturated carbocycles. The van der Waals surface area contributed by atoms with Crippen LogP contribution < -0.4 is 4.90 Å². The van der Waals surface area contributed by atoms with E-state index in [1.54, 1.807) is 47.4 Å². The van der Waals surface area contributed by atoms with Crippen molar-refractivity contribution in [2.75, 3.05) is 25.0 Å². The van der Waals surface area contributed by atoms with Gasteiger partial charge in [-0.25, -0.2) is 4.98 Å². The number of piperidine rings is 1. The van der Waals surface area contributed by atoms with Gasteiger partial charge in [-0.05, 0) is 25.0 Å². The largest absolute Gasteiger partial charge is 0.355 e. The average molecular weight is 324 g/mol. The van der Waals surface area contributed by atoms with E-state index in [1.807, 2.05) is 7.05 Å². The van der Waals surface area contributed by atoms with Gasteiger partial charge in [0.1, 0.15) is 11.9 Å². The Balaban J connectivity index is 1.64. The number of rotatable bonds is 3. The molecule has 7 heteroatoms. The number of aryl methyl sites for hydroxylation is 1. The van der Waals surface area contributed by atoms with Gasteiger partial charge in [-0.2, -0.15) is 10.4 Å². The molecule has 0 N–H and O–H groups in total. The van der Waals surface area contributed by atoms with E-state index in [0.717, 1.165) is 31.7 Å². The topological polar surface area (TPSA) is 78.1 Å². The Kier molecular flexibility index (Phi) is 4.47. The first kappa shape index (κ1) is 16.0. The van der Waals surface area contributed by atoms with Crippen LogP contribution in [0.5, 0.6) is 0 Å². The molecule has 0 bridgehead atoms. The second-order valence-electron chi connectivity index (χ2n) is 6.02. The fourth-order valence-corrected chi connectivity index (χ4v) is 3.10. The number of nitriles is 1. The van der Waals surface area contributed by atoms with Gasteiger partial charge < -0.3 is 9.80 Å². The smallest absolute Gasteiger partial charge is 0.257 e. The van der Waals surface area contributed by atoms with E-state index in [-0.39, 0.29) is 11.9 Å². The Morgan fingerprint density at radius 3 is 2.79 bits per heavy atom. The lowest BCUT2D eigenvalue weighted by molar-refractivity contribution is 0.0709. The van der Waals surface area contributed by atoms with Crippen molar-refractivity contribution in [3.63, 3.8) is 0 Å². The molecular formula is C17H20N6O. The van der Waals surface area contributed by atoms with Gasteiger partial charge in [0.25, 0.3) is 5.91 Å². The summed E-state index contributed by atoms with van der Waals surface area (Å²) in [6.07, 6.45) is 6.75. The molecule has 1 aliphatic rings. The molecule has 0 aliphatic carbocycles. The molecule has 3 heterocycles. The number of amides is 1. The zero-order valence-corrected chi connectivity index (χ0v) is 13.9. The number of aromatic nitrogens is 3. The van der Waals surface area contributed by atoms with Crippen molar-refractivity contribution < 1.29 is 4.79 Å². The van der Waals surface area contributed by atoms with Crippen LogP contribution in [0.3, 0.4) is 0 Å². The van der Waals surface area contributed by atoms with Crippen LogP contribution in [0.4, 0.5) is 5.82 Å². The average Bonchev–Trinajstić information content (AvgIpc) is 3.07. The van der Waals surface area contributed by atoms with Crippen molar-refractivity contribution >= 4 is 11.7 Å². The van der Waals surface area contributed by atoms with E-state index < -0.39 is 0 Å². The highest BCUT2D eigenvalue weighted by molar-refractivity contribution is 5.93. The highest BCUT2D eigenvalue weighted by Gasteiger charge is 2.27. The van der Waals surface area contributed by atoms with Gasteiger partial charge in [-0.1, -0.05) is 0 Å². The zero-order chi connectivity index (χ0) is 17.1. The number of carbonyl (C=O) groups is 1. The van der Waals surface area contributed by atoms with E-state index in [0.29, 0.717) is 11.1 Å². The first-order valence-corrected chi connectivity index (χ1v) is 7.96. The second kappa shape index (κ2) is 6.71. The van der Waals surface area contributed by atoms with Crippen molar-refractivity contribution in [1.29, 1.82) is 5.26 Å². The van der Waals surface area contributed by atoms with Crippen LogP contribution in [-0.4, -0.2) is 51.8 Å². The fraction of sp³-hybridized carbons (Fsp3) is 0.412. The van der Waals surface area contributed by atoms with Gasteiger partial charge in [-0.3, -0.25) is 9.48 Å². The molecule has 0 radical (unpaired) electrons. The summed E-state index contributed by atoms with van der Waals surface area (Å²) in [5, 5.41) is 13.3. The lowest BCUT2D eigenvalue weighted by Gasteiger charge is -2.37. The molecule has 0 aromatic carbocycles. The molecule has 124 valence electrons. The van der Waals surface area contributed by atoms with Crippen LogP contribution in [-0.2, 0) is 7.05 Å². The summed E-state index contributed by atoms with van der Waals surface area (Å²) in [5.41, 5.74) is 1.20. The van der Waals surface area contributed by atoms with E-state index >= 15 is 0 Å². The highest BCUT2D eigenvalue weighted by Crippen LogP contribution is 2.23. The summed E-state index contributed by atoms with van der Waals surface area (Å²) in [5.74, 6) is 0.733. The van der Waals surface area contributed by atoms with Crippen molar-refractivity contribution in [3.05, 3.63) is 41.9 Å². The summed E-state index contributed by atoms with van der Waals surface area (Å²) >= 11 is 0. The molecule has 1 saturated heterocycles. The molecule has 3 rings (SSSR count). The molecule has 2 aromatic rings. The van der Waals surface area contributed by atoms with Gasteiger partial charge in [0, 0.05) is 45.6 Å². The molecule has 1 aliphatic heterocycles. The Hall–Kier alpha value is -2.88. The number of carbonyl (C=O) groups excluding carboxylic acids is 1. The minimum atomic E-state index is -0.00269. The van der Waals surface area contributed by atoms with Gasteiger partial charge >= 0.3 is 0 Å².